The van der Waals surface area contributed by atoms with Gasteiger partial charge in [-0.2, -0.15) is 0 Å². The van der Waals surface area contributed by atoms with Gasteiger partial charge < -0.3 is 9.30 Å². The molecule has 0 aliphatic rings. The summed E-state index contributed by atoms with van der Waals surface area (Å²) in [6.07, 6.45) is 2.73. The summed E-state index contributed by atoms with van der Waals surface area (Å²) in [5, 5.41) is 0. The van der Waals surface area contributed by atoms with Crippen LogP contribution in [0.25, 0.3) is 0 Å². The standard InChI is InChI=1S/C13H12BrNO2/c1-17-13-5-4-11(14)7-10(13)8-15-6-2-3-12(15)9-16/h2-7,9H,8H2,1H3. The summed E-state index contributed by atoms with van der Waals surface area (Å²) in [4.78, 5) is 10.8. The SMILES string of the molecule is COc1ccc(Br)cc1Cn1cccc1C=O. The lowest BCUT2D eigenvalue weighted by Crippen LogP contribution is -2.04. The average Bonchev–Trinajstić information content (AvgIpc) is 2.77. The molecule has 0 N–H and O–H groups in total. The first-order valence-electron chi connectivity index (χ1n) is 5.17. The first-order valence-corrected chi connectivity index (χ1v) is 5.96. The first-order chi connectivity index (χ1) is 8.24. The van der Waals surface area contributed by atoms with Crippen LogP contribution >= 0.6 is 15.9 Å². The Kier molecular flexibility index (Phi) is 3.64. The zero-order valence-electron chi connectivity index (χ0n) is 9.39. The number of ether oxygens (including phenoxy) is 1. The van der Waals surface area contributed by atoms with Crippen molar-refractivity contribution in [3.05, 3.63) is 52.3 Å². The van der Waals surface area contributed by atoms with Crippen LogP contribution in [0.3, 0.4) is 0 Å². The second-order valence-electron chi connectivity index (χ2n) is 3.63. The van der Waals surface area contributed by atoms with Gasteiger partial charge in [-0.15, -0.1) is 0 Å². The molecule has 0 aliphatic carbocycles. The van der Waals surface area contributed by atoms with Crippen LogP contribution in [0.5, 0.6) is 5.75 Å². The maximum atomic E-state index is 10.8. The monoisotopic (exact) mass is 293 g/mol. The molecule has 0 unspecified atom stereocenters. The van der Waals surface area contributed by atoms with E-state index in [0.29, 0.717) is 12.2 Å². The van der Waals surface area contributed by atoms with Crippen molar-refractivity contribution in [2.45, 2.75) is 6.54 Å². The molecule has 0 aliphatic heterocycles. The van der Waals surface area contributed by atoms with Gasteiger partial charge in [0.05, 0.1) is 19.3 Å². The minimum absolute atomic E-state index is 0.615. The van der Waals surface area contributed by atoms with Crippen LogP contribution < -0.4 is 4.74 Å². The lowest BCUT2D eigenvalue weighted by molar-refractivity contribution is 0.111. The Morgan fingerprint density at radius 3 is 2.94 bits per heavy atom. The van der Waals surface area contributed by atoms with Gasteiger partial charge in [0, 0.05) is 16.2 Å². The molecule has 0 bridgehead atoms. The highest BCUT2D eigenvalue weighted by Crippen LogP contribution is 2.24. The maximum absolute atomic E-state index is 10.8. The van der Waals surface area contributed by atoms with E-state index in [4.69, 9.17) is 4.74 Å². The van der Waals surface area contributed by atoms with Gasteiger partial charge in [-0.05, 0) is 30.3 Å². The van der Waals surface area contributed by atoms with Crippen molar-refractivity contribution in [1.82, 2.24) is 4.57 Å². The maximum Gasteiger partial charge on any atom is 0.166 e. The van der Waals surface area contributed by atoms with Crippen LogP contribution in [0.1, 0.15) is 16.1 Å². The molecule has 1 aromatic heterocycles. The molecule has 17 heavy (non-hydrogen) atoms. The summed E-state index contributed by atoms with van der Waals surface area (Å²) >= 11 is 3.43. The molecule has 2 aromatic rings. The second-order valence-corrected chi connectivity index (χ2v) is 4.55. The smallest absolute Gasteiger partial charge is 0.166 e. The highest BCUT2D eigenvalue weighted by Gasteiger charge is 2.06. The van der Waals surface area contributed by atoms with Gasteiger partial charge in [0.25, 0.3) is 0 Å². The van der Waals surface area contributed by atoms with Crippen LogP contribution in [0.4, 0.5) is 0 Å². The number of rotatable bonds is 4. The Balaban J connectivity index is 2.35. The summed E-state index contributed by atoms with van der Waals surface area (Å²) in [6.45, 7) is 0.615. The number of carbonyl (C=O) groups is 1. The number of nitrogens with zero attached hydrogens (tertiary/aromatic N) is 1. The van der Waals surface area contributed by atoms with Crippen molar-refractivity contribution < 1.29 is 9.53 Å². The number of aromatic nitrogens is 1. The van der Waals surface area contributed by atoms with Crippen LogP contribution in [0.2, 0.25) is 0 Å². The fraction of sp³-hybridized carbons (Fsp3) is 0.154. The Labute approximate surface area is 108 Å². The van der Waals surface area contributed by atoms with Gasteiger partial charge in [-0.25, -0.2) is 0 Å². The van der Waals surface area contributed by atoms with Gasteiger partial charge in [0.15, 0.2) is 6.29 Å². The molecule has 3 nitrogen and oxygen atoms in total. The van der Waals surface area contributed by atoms with Crippen LogP contribution in [0.15, 0.2) is 41.0 Å². The summed E-state index contributed by atoms with van der Waals surface area (Å²) in [5.74, 6) is 0.818. The highest BCUT2D eigenvalue weighted by atomic mass is 79.9. The predicted molar refractivity (Wildman–Crippen MR) is 69.6 cm³/mol. The molecule has 0 fully saturated rings. The molecule has 1 heterocycles. The molecule has 0 radical (unpaired) electrons. The van der Waals surface area contributed by atoms with Gasteiger partial charge in [0.1, 0.15) is 5.75 Å². The zero-order chi connectivity index (χ0) is 12.3. The van der Waals surface area contributed by atoms with Crippen molar-refractivity contribution in [2.24, 2.45) is 0 Å². The predicted octanol–water partition coefficient (Wildman–Crippen LogP) is 3.12. The number of hydrogen-bond donors (Lipinski definition) is 0. The Hall–Kier alpha value is -1.55. The third kappa shape index (κ3) is 2.58. The quantitative estimate of drug-likeness (QED) is 0.811. The lowest BCUT2D eigenvalue weighted by atomic mass is 10.2. The minimum Gasteiger partial charge on any atom is -0.496 e. The molecule has 0 amide bonds. The minimum atomic E-state index is 0.615. The van der Waals surface area contributed by atoms with Crippen LogP contribution in [-0.4, -0.2) is 18.0 Å². The Bertz CT molecular complexity index is 534. The molecule has 88 valence electrons. The van der Waals surface area contributed by atoms with E-state index in [1.54, 1.807) is 13.2 Å². The fourth-order valence-corrected chi connectivity index (χ4v) is 2.14. The van der Waals surface area contributed by atoms with Gasteiger partial charge in [-0.1, -0.05) is 15.9 Å². The second kappa shape index (κ2) is 5.19. The molecule has 1 aromatic carbocycles. The van der Waals surface area contributed by atoms with Gasteiger partial charge in [-0.3, -0.25) is 4.79 Å². The molecule has 0 saturated carbocycles. The van der Waals surface area contributed by atoms with E-state index in [2.05, 4.69) is 15.9 Å². The van der Waals surface area contributed by atoms with Gasteiger partial charge >= 0.3 is 0 Å². The lowest BCUT2D eigenvalue weighted by Gasteiger charge is -2.11. The summed E-state index contributed by atoms with van der Waals surface area (Å²) in [7, 11) is 1.64. The highest BCUT2D eigenvalue weighted by molar-refractivity contribution is 9.10. The third-order valence-corrected chi connectivity index (χ3v) is 3.06. The molecular formula is C13H12BrNO2. The van der Waals surface area contributed by atoms with Crippen molar-refractivity contribution in [2.75, 3.05) is 7.11 Å². The van der Waals surface area contributed by atoms with E-state index in [1.165, 1.54) is 0 Å². The normalized spacial score (nSPS) is 10.2. The Morgan fingerprint density at radius 1 is 1.41 bits per heavy atom. The zero-order valence-corrected chi connectivity index (χ0v) is 11.0. The first kappa shape index (κ1) is 11.9. The molecule has 0 atom stereocenters. The number of aldehydes is 1. The molecule has 0 spiro atoms. The van der Waals surface area contributed by atoms with Crippen LogP contribution in [0, 0.1) is 0 Å². The topological polar surface area (TPSA) is 31.2 Å². The van der Waals surface area contributed by atoms with E-state index in [0.717, 1.165) is 22.1 Å². The molecule has 2 rings (SSSR count). The van der Waals surface area contributed by atoms with E-state index in [-0.39, 0.29) is 0 Å². The molecule has 0 saturated heterocycles. The van der Waals surface area contributed by atoms with Crippen molar-refractivity contribution in [3.8, 4) is 5.75 Å². The Morgan fingerprint density at radius 2 is 2.24 bits per heavy atom. The van der Waals surface area contributed by atoms with Gasteiger partial charge in [0.2, 0.25) is 0 Å². The summed E-state index contributed by atoms with van der Waals surface area (Å²) in [5.41, 5.74) is 1.69. The number of halogens is 1. The summed E-state index contributed by atoms with van der Waals surface area (Å²) in [6, 6.07) is 9.47. The van der Waals surface area contributed by atoms with Crippen LogP contribution in [-0.2, 0) is 6.54 Å². The van der Waals surface area contributed by atoms with E-state index in [9.17, 15) is 4.79 Å². The number of methoxy groups -OCH3 is 1. The molecule has 4 heteroatoms. The van der Waals surface area contributed by atoms with Crippen molar-refractivity contribution >= 4 is 22.2 Å². The average molecular weight is 294 g/mol. The molecular weight excluding hydrogens is 282 g/mol. The van der Waals surface area contributed by atoms with Crippen molar-refractivity contribution in [1.29, 1.82) is 0 Å². The third-order valence-electron chi connectivity index (χ3n) is 2.57. The summed E-state index contributed by atoms with van der Waals surface area (Å²) < 4.78 is 8.18. The van der Waals surface area contributed by atoms with Crippen molar-refractivity contribution in [3.63, 3.8) is 0 Å². The number of benzene rings is 1. The largest absolute Gasteiger partial charge is 0.496 e. The van der Waals surface area contributed by atoms with E-state index >= 15 is 0 Å². The van der Waals surface area contributed by atoms with E-state index < -0.39 is 0 Å². The number of carbonyl (C=O) groups excluding carboxylic acids is 1. The number of hydrogen-bond acceptors (Lipinski definition) is 2. The fourth-order valence-electron chi connectivity index (χ4n) is 1.73. The van der Waals surface area contributed by atoms with E-state index in [1.807, 2.05) is 35.0 Å².